The lowest BCUT2D eigenvalue weighted by atomic mass is 9.92. The summed E-state index contributed by atoms with van der Waals surface area (Å²) in [6.07, 6.45) is 6.94. The zero-order valence-electron chi connectivity index (χ0n) is 26.3. The van der Waals surface area contributed by atoms with Gasteiger partial charge in [-0.3, -0.25) is 14.4 Å². The van der Waals surface area contributed by atoms with Gasteiger partial charge in [-0.05, 0) is 73.9 Å². The normalized spacial score (nSPS) is 25.6. The van der Waals surface area contributed by atoms with Crippen molar-refractivity contribution in [1.82, 2.24) is 20.6 Å². The molecule has 0 aliphatic carbocycles. The molecule has 0 saturated carbocycles. The first kappa shape index (κ1) is 31.5. The fourth-order valence-electron chi connectivity index (χ4n) is 6.81. The van der Waals surface area contributed by atoms with E-state index in [1.807, 2.05) is 33.8 Å². The average molecular weight is 605 g/mol. The molecule has 2 aromatic heterocycles. The molecule has 3 aliphatic rings. The molecular weight excluding hydrogens is 560 g/mol. The van der Waals surface area contributed by atoms with Crippen molar-refractivity contribution in [3.63, 3.8) is 0 Å². The number of carbonyl (C=O) groups is 3. The third kappa shape index (κ3) is 6.19. The Bertz CT molecular complexity index is 1570. The molecule has 0 bridgehead atoms. The lowest BCUT2D eigenvalue weighted by Gasteiger charge is -2.12. The third-order valence-corrected chi connectivity index (χ3v) is 9.80. The van der Waals surface area contributed by atoms with Crippen LogP contribution < -0.4 is 10.6 Å². The maximum atomic E-state index is 12.5. The van der Waals surface area contributed by atoms with E-state index in [2.05, 4.69) is 34.1 Å². The van der Waals surface area contributed by atoms with Gasteiger partial charge in [0.2, 0.25) is 5.91 Å². The molecule has 2 fully saturated rings. The molecule has 44 heavy (non-hydrogen) atoms. The van der Waals surface area contributed by atoms with E-state index in [9.17, 15) is 24.6 Å². The number of amides is 2. The zero-order valence-corrected chi connectivity index (χ0v) is 26.3. The van der Waals surface area contributed by atoms with Gasteiger partial charge in [-0.15, -0.1) is 0 Å². The van der Waals surface area contributed by atoms with Crippen molar-refractivity contribution in [2.45, 2.75) is 91.4 Å². The summed E-state index contributed by atoms with van der Waals surface area (Å²) in [6.45, 7) is 14.1. The highest BCUT2D eigenvalue weighted by atomic mass is 16.7. The SMILES string of the molecule is C=CC1=C(C)[C@@H](Cc2[nH]c(Cc3[nH]c(/C=C4\NC(=O)[C@H](C)[C@H]4CC)c(C)c3CC[C@@]3(O)CO3)c(CCC(=O)O)c2C)NC1=O. The number of allylic oxidation sites excluding steroid dienone is 1. The molecule has 236 valence electrons. The fraction of sp³-hybridized carbons (Fsp3) is 0.500. The highest BCUT2D eigenvalue weighted by Gasteiger charge is 2.42. The largest absolute Gasteiger partial charge is 0.481 e. The minimum atomic E-state index is -1.09. The van der Waals surface area contributed by atoms with Gasteiger partial charge in [-0.1, -0.05) is 26.5 Å². The van der Waals surface area contributed by atoms with Crippen molar-refractivity contribution < 1.29 is 29.3 Å². The Kier molecular flexibility index (Phi) is 8.77. The molecule has 5 rings (SSSR count). The Morgan fingerprint density at radius 3 is 2.39 bits per heavy atom. The van der Waals surface area contributed by atoms with Crippen LogP contribution in [0.4, 0.5) is 0 Å². The van der Waals surface area contributed by atoms with Crippen LogP contribution in [0, 0.1) is 25.7 Å². The smallest absolute Gasteiger partial charge is 0.303 e. The molecule has 0 unspecified atom stereocenters. The van der Waals surface area contributed by atoms with Crippen molar-refractivity contribution >= 4 is 23.9 Å². The summed E-state index contributed by atoms with van der Waals surface area (Å²) in [5.74, 6) is -2.04. The van der Waals surface area contributed by atoms with Crippen molar-refractivity contribution in [1.29, 1.82) is 0 Å². The highest BCUT2D eigenvalue weighted by Crippen LogP contribution is 2.35. The number of aliphatic carboxylic acids is 1. The summed E-state index contributed by atoms with van der Waals surface area (Å²) in [5, 5.41) is 26.0. The number of aliphatic hydroxyl groups is 1. The van der Waals surface area contributed by atoms with E-state index in [4.69, 9.17) is 4.74 Å². The van der Waals surface area contributed by atoms with Crippen LogP contribution in [0.15, 0.2) is 29.5 Å². The topological polar surface area (TPSA) is 160 Å². The van der Waals surface area contributed by atoms with Gasteiger partial charge in [-0.25, -0.2) is 0 Å². The lowest BCUT2D eigenvalue weighted by Crippen LogP contribution is -2.30. The average Bonchev–Trinajstić information content (AvgIpc) is 3.27. The predicted octanol–water partition coefficient (Wildman–Crippen LogP) is 3.90. The second-order valence-corrected chi connectivity index (χ2v) is 12.5. The molecule has 2 saturated heterocycles. The first-order valence-corrected chi connectivity index (χ1v) is 15.5. The van der Waals surface area contributed by atoms with E-state index in [1.54, 1.807) is 6.08 Å². The van der Waals surface area contributed by atoms with Crippen LogP contribution in [0.25, 0.3) is 6.08 Å². The minimum absolute atomic E-state index is 0.000536. The van der Waals surface area contributed by atoms with Gasteiger partial charge >= 0.3 is 5.97 Å². The number of hydrogen-bond acceptors (Lipinski definition) is 5. The summed E-state index contributed by atoms with van der Waals surface area (Å²) in [6, 6.07) is -0.177. The van der Waals surface area contributed by atoms with Crippen molar-refractivity contribution in [2.24, 2.45) is 11.8 Å². The summed E-state index contributed by atoms with van der Waals surface area (Å²) in [7, 11) is 0. The number of epoxide rings is 1. The van der Waals surface area contributed by atoms with Gasteiger partial charge in [0.05, 0.1) is 6.04 Å². The lowest BCUT2D eigenvalue weighted by molar-refractivity contribution is -0.137. The molecule has 2 amide bonds. The number of aromatic amines is 2. The number of hydrogen-bond donors (Lipinski definition) is 6. The minimum Gasteiger partial charge on any atom is -0.481 e. The monoisotopic (exact) mass is 604 g/mol. The van der Waals surface area contributed by atoms with Crippen LogP contribution >= 0.6 is 0 Å². The van der Waals surface area contributed by atoms with Crippen LogP contribution in [-0.4, -0.2) is 56.4 Å². The van der Waals surface area contributed by atoms with Crippen LogP contribution in [0.5, 0.6) is 0 Å². The molecule has 10 heteroatoms. The highest BCUT2D eigenvalue weighted by molar-refractivity contribution is 6.00. The number of carboxylic acid groups (broad SMARTS) is 1. The van der Waals surface area contributed by atoms with E-state index in [0.29, 0.717) is 44.3 Å². The van der Waals surface area contributed by atoms with E-state index in [-0.39, 0.29) is 36.1 Å². The predicted molar refractivity (Wildman–Crippen MR) is 167 cm³/mol. The van der Waals surface area contributed by atoms with Gasteiger partial charge in [0, 0.05) is 71.6 Å². The number of nitrogens with one attached hydrogen (secondary N) is 4. The maximum absolute atomic E-state index is 12.5. The van der Waals surface area contributed by atoms with Gasteiger partial charge < -0.3 is 35.6 Å². The number of carbonyl (C=O) groups excluding carboxylic acids is 2. The van der Waals surface area contributed by atoms with E-state index in [0.717, 1.165) is 62.7 Å². The molecule has 5 heterocycles. The van der Waals surface area contributed by atoms with Crippen molar-refractivity contribution in [3.05, 3.63) is 74.5 Å². The Hall–Kier alpha value is -3.89. The number of rotatable bonds is 13. The number of ether oxygens (including phenoxy) is 1. The Morgan fingerprint density at radius 2 is 1.77 bits per heavy atom. The summed E-state index contributed by atoms with van der Waals surface area (Å²) in [5.41, 5.74) is 10.3. The first-order chi connectivity index (χ1) is 20.9. The van der Waals surface area contributed by atoms with E-state index >= 15 is 0 Å². The molecule has 10 nitrogen and oxygen atoms in total. The molecular formula is C34H44N4O6. The fourth-order valence-corrected chi connectivity index (χ4v) is 6.81. The Labute approximate surface area is 258 Å². The molecule has 0 spiro atoms. The number of H-pyrrole nitrogens is 2. The third-order valence-electron chi connectivity index (χ3n) is 9.80. The summed E-state index contributed by atoms with van der Waals surface area (Å²) >= 11 is 0. The van der Waals surface area contributed by atoms with Gasteiger partial charge in [0.15, 0.2) is 5.79 Å². The van der Waals surface area contributed by atoms with E-state index in [1.165, 1.54) is 0 Å². The van der Waals surface area contributed by atoms with Gasteiger partial charge in [-0.2, -0.15) is 0 Å². The Balaban J connectivity index is 1.51. The molecule has 0 aromatic carbocycles. The van der Waals surface area contributed by atoms with Crippen LogP contribution in [0.3, 0.4) is 0 Å². The summed E-state index contributed by atoms with van der Waals surface area (Å²) < 4.78 is 5.25. The second kappa shape index (κ2) is 12.2. The standard InChI is InChI=1S/C34H44N4O6/c1-7-21-20(6)32(41)38-28(21)14-26-19(5)24(11-12-34(43)16-44-34)30(36-26)15-29-23(9-10-31(39)40)18(4)25(35-29)13-27-17(3)22(8-2)33(42)37-27/h8,14,20-21,27,35-36,43H,2,7,9-13,15-16H2,1,3-6H3,(H,37,42)(H,38,41)(H,39,40)/b28-14-/t20-,21-,27-,34+/m1/s1. The number of aromatic nitrogens is 2. The second-order valence-electron chi connectivity index (χ2n) is 12.5. The van der Waals surface area contributed by atoms with Crippen LogP contribution in [0.1, 0.15) is 85.1 Å². The van der Waals surface area contributed by atoms with Crippen molar-refractivity contribution in [2.75, 3.05) is 6.61 Å². The molecule has 4 atom stereocenters. The summed E-state index contributed by atoms with van der Waals surface area (Å²) in [4.78, 5) is 43.7. The van der Waals surface area contributed by atoms with Gasteiger partial charge in [0.1, 0.15) is 6.61 Å². The molecule has 3 aliphatic heterocycles. The van der Waals surface area contributed by atoms with Crippen molar-refractivity contribution in [3.8, 4) is 0 Å². The quantitative estimate of drug-likeness (QED) is 0.190. The van der Waals surface area contributed by atoms with Crippen LogP contribution in [0.2, 0.25) is 0 Å². The first-order valence-electron chi connectivity index (χ1n) is 15.5. The van der Waals surface area contributed by atoms with Crippen LogP contribution in [-0.2, 0) is 44.8 Å². The Morgan fingerprint density at radius 1 is 1.09 bits per heavy atom. The zero-order chi connectivity index (χ0) is 31.9. The molecule has 0 radical (unpaired) electrons. The molecule has 6 N–H and O–H groups in total. The van der Waals surface area contributed by atoms with Gasteiger partial charge in [0.25, 0.3) is 5.91 Å². The number of carboxylic acids is 1. The maximum Gasteiger partial charge on any atom is 0.303 e. The van der Waals surface area contributed by atoms with E-state index < -0.39 is 11.8 Å². The molecule has 2 aromatic rings.